The van der Waals surface area contributed by atoms with Crippen molar-refractivity contribution in [3.05, 3.63) is 22.4 Å². The minimum absolute atomic E-state index is 0.106. The molecule has 0 aliphatic carbocycles. The van der Waals surface area contributed by atoms with Crippen LogP contribution in [0.5, 0.6) is 0 Å². The van der Waals surface area contributed by atoms with E-state index < -0.39 is 0 Å². The molecule has 1 rings (SSSR count). The summed E-state index contributed by atoms with van der Waals surface area (Å²) in [7, 11) is 0. The lowest BCUT2D eigenvalue weighted by Gasteiger charge is -2.19. The molecule has 0 aliphatic heterocycles. The highest BCUT2D eigenvalue weighted by molar-refractivity contribution is 7.09. The maximum atomic E-state index is 11.9. The molecule has 1 atom stereocenters. The number of nitrogens with one attached hydrogen (secondary N) is 2. The second-order valence-corrected chi connectivity index (χ2v) is 5.56. The third-order valence-corrected chi connectivity index (χ3v) is 4.06. The molecule has 0 aliphatic rings. The van der Waals surface area contributed by atoms with Crippen molar-refractivity contribution >= 4 is 17.2 Å². The van der Waals surface area contributed by atoms with Crippen molar-refractivity contribution in [3.8, 4) is 0 Å². The van der Waals surface area contributed by atoms with Gasteiger partial charge in [0, 0.05) is 17.5 Å². The van der Waals surface area contributed by atoms with Crippen LogP contribution < -0.4 is 10.6 Å². The van der Waals surface area contributed by atoms with Crippen molar-refractivity contribution in [2.45, 2.75) is 52.1 Å². The molecule has 1 unspecified atom stereocenters. The van der Waals surface area contributed by atoms with Crippen molar-refractivity contribution in [3.63, 3.8) is 0 Å². The summed E-state index contributed by atoms with van der Waals surface area (Å²) in [5, 5.41) is 8.41. The fourth-order valence-corrected chi connectivity index (χ4v) is 2.49. The first-order valence-corrected chi connectivity index (χ1v) is 7.61. The van der Waals surface area contributed by atoms with Gasteiger partial charge in [-0.25, -0.2) is 0 Å². The Bertz CT molecular complexity index is 334. The first kappa shape index (κ1) is 15.2. The predicted octanol–water partition coefficient (Wildman–Crippen LogP) is 2.57. The second kappa shape index (κ2) is 8.27. The van der Waals surface area contributed by atoms with E-state index in [0.717, 1.165) is 25.8 Å². The smallest absolute Gasteiger partial charge is 0.237 e. The van der Waals surface area contributed by atoms with E-state index in [9.17, 15) is 4.79 Å². The van der Waals surface area contributed by atoms with Gasteiger partial charge in [-0.05, 0) is 37.6 Å². The minimum atomic E-state index is -0.120. The molecule has 0 saturated carbocycles. The molecule has 18 heavy (non-hydrogen) atoms. The van der Waals surface area contributed by atoms with Gasteiger partial charge in [-0.2, -0.15) is 0 Å². The molecule has 2 N–H and O–H groups in total. The van der Waals surface area contributed by atoms with Crippen LogP contribution in [-0.2, 0) is 11.2 Å². The van der Waals surface area contributed by atoms with E-state index in [-0.39, 0.29) is 11.9 Å². The van der Waals surface area contributed by atoms with Crippen LogP contribution >= 0.6 is 11.3 Å². The molecule has 1 aromatic rings. The predicted molar refractivity (Wildman–Crippen MR) is 78.0 cm³/mol. The van der Waals surface area contributed by atoms with Crippen LogP contribution in [0.2, 0.25) is 0 Å². The number of hydrogen-bond acceptors (Lipinski definition) is 3. The van der Waals surface area contributed by atoms with Gasteiger partial charge in [-0.15, -0.1) is 11.3 Å². The van der Waals surface area contributed by atoms with Crippen LogP contribution in [0.1, 0.15) is 38.5 Å². The summed E-state index contributed by atoms with van der Waals surface area (Å²) in [5.41, 5.74) is 0. The summed E-state index contributed by atoms with van der Waals surface area (Å²) < 4.78 is 0. The van der Waals surface area contributed by atoms with Crippen LogP contribution in [0.3, 0.4) is 0 Å². The van der Waals surface area contributed by atoms with Gasteiger partial charge in [0.15, 0.2) is 0 Å². The molecular weight excluding hydrogens is 244 g/mol. The maximum absolute atomic E-state index is 11.9. The molecular formula is C14H24N2OS. The van der Waals surface area contributed by atoms with Gasteiger partial charge in [0.25, 0.3) is 0 Å². The van der Waals surface area contributed by atoms with Crippen LogP contribution in [0.4, 0.5) is 0 Å². The standard InChI is InChI=1S/C14H24N2OS/c1-4-12(5-2)16-14(17)11(3)15-9-8-13-7-6-10-18-13/h6-7,10-12,15H,4-5,8-9H2,1-3H3,(H,16,17). The molecule has 0 aromatic carbocycles. The molecule has 0 bridgehead atoms. The summed E-state index contributed by atoms with van der Waals surface area (Å²) in [6.45, 7) is 6.97. The maximum Gasteiger partial charge on any atom is 0.237 e. The first-order chi connectivity index (χ1) is 8.67. The van der Waals surface area contributed by atoms with E-state index in [1.54, 1.807) is 11.3 Å². The fourth-order valence-electron chi connectivity index (χ4n) is 1.78. The number of carbonyl (C=O) groups is 1. The molecule has 0 fully saturated rings. The van der Waals surface area contributed by atoms with E-state index in [1.165, 1.54) is 4.88 Å². The molecule has 3 nitrogen and oxygen atoms in total. The highest BCUT2D eigenvalue weighted by Gasteiger charge is 2.14. The molecule has 0 spiro atoms. The van der Waals surface area contributed by atoms with Crippen LogP contribution in [-0.4, -0.2) is 24.5 Å². The molecule has 1 amide bonds. The quantitative estimate of drug-likeness (QED) is 0.761. The Hall–Kier alpha value is -0.870. The van der Waals surface area contributed by atoms with Gasteiger partial charge in [-0.3, -0.25) is 4.79 Å². The Morgan fingerprint density at radius 2 is 2.11 bits per heavy atom. The lowest BCUT2D eigenvalue weighted by molar-refractivity contribution is -0.123. The summed E-state index contributed by atoms with van der Waals surface area (Å²) >= 11 is 1.76. The van der Waals surface area contributed by atoms with Gasteiger partial charge in [-0.1, -0.05) is 19.9 Å². The Morgan fingerprint density at radius 3 is 2.67 bits per heavy atom. The Balaban J connectivity index is 2.23. The lowest BCUT2D eigenvalue weighted by Crippen LogP contribution is -2.46. The van der Waals surface area contributed by atoms with Crippen molar-refractivity contribution in [2.24, 2.45) is 0 Å². The number of carbonyl (C=O) groups excluding carboxylic acids is 1. The first-order valence-electron chi connectivity index (χ1n) is 6.73. The number of amides is 1. The Labute approximate surface area is 114 Å². The minimum Gasteiger partial charge on any atom is -0.352 e. The summed E-state index contributed by atoms with van der Waals surface area (Å²) in [6, 6.07) is 4.37. The average molecular weight is 268 g/mol. The highest BCUT2D eigenvalue weighted by atomic mass is 32.1. The molecule has 0 saturated heterocycles. The van der Waals surface area contributed by atoms with Crippen molar-refractivity contribution in [1.82, 2.24) is 10.6 Å². The summed E-state index contributed by atoms with van der Waals surface area (Å²) in [4.78, 5) is 13.2. The number of thiophene rings is 1. The van der Waals surface area contributed by atoms with Gasteiger partial charge in [0.05, 0.1) is 6.04 Å². The van der Waals surface area contributed by atoms with Gasteiger partial charge in [0.1, 0.15) is 0 Å². The van der Waals surface area contributed by atoms with Crippen LogP contribution in [0.15, 0.2) is 17.5 Å². The summed E-state index contributed by atoms with van der Waals surface area (Å²) in [5.74, 6) is 0.106. The van der Waals surface area contributed by atoms with Crippen molar-refractivity contribution in [1.29, 1.82) is 0 Å². The third kappa shape index (κ3) is 5.19. The van der Waals surface area contributed by atoms with Crippen LogP contribution in [0, 0.1) is 0 Å². The molecule has 1 aromatic heterocycles. The SMILES string of the molecule is CCC(CC)NC(=O)C(C)NCCc1cccs1. The van der Waals surface area contributed by atoms with Crippen molar-refractivity contribution in [2.75, 3.05) is 6.54 Å². The average Bonchev–Trinajstić information content (AvgIpc) is 2.88. The number of hydrogen-bond donors (Lipinski definition) is 2. The van der Waals surface area contributed by atoms with E-state index in [1.807, 2.05) is 6.92 Å². The van der Waals surface area contributed by atoms with Gasteiger partial charge >= 0.3 is 0 Å². The fraction of sp³-hybridized carbons (Fsp3) is 0.643. The van der Waals surface area contributed by atoms with Crippen molar-refractivity contribution < 1.29 is 4.79 Å². The van der Waals surface area contributed by atoms with E-state index >= 15 is 0 Å². The largest absolute Gasteiger partial charge is 0.352 e. The monoisotopic (exact) mass is 268 g/mol. The molecule has 4 heteroatoms. The third-order valence-electron chi connectivity index (χ3n) is 3.13. The Kier molecular flexibility index (Phi) is 6.98. The lowest BCUT2D eigenvalue weighted by atomic mass is 10.1. The highest BCUT2D eigenvalue weighted by Crippen LogP contribution is 2.08. The normalized spacial score (nSPS) is 12.7. The van der Waals surface area contributed by atoms with Gasteiger partial charge in [0.2, 0.25) is 5.91 Å². The zero-order chi connectivity index (χ0) is 13.4. The molecule has 102 valence electrons. The topological polar surface area (TPSA) is 41.1 Å². The molecule has 0 radical (unpaired) electrons. The number of rotatable bonds is 8. The summed E-state index contributed by atoms with van der Waals surface area (Å²) in [6.07, 6.45) is 2.97. The van der Waals surface area contributed by atoms with E-state index in [2.05, 4.69) is 42.0 Å². The molecule has 1 heterocycles. The Morgan fingerprint density at radius 1 is 1.39 bits per heavy atom. The van der Waals surface area contributed by atoms with Crippen LogP contribution in [0.25, 0.3) is 0 Å². The van der Waals surface area contributed by atoms with Gasteiger partial charge < -0.3 is 10.6 Å². The second-order valence-electron chi connectivity index (χ2n) is 4.53. The van der Waals surface area contributed by atoms with E-state index in [0.29, 0.717) is 6.04 Å². The zero-order valence-electron chi connectivity index (χ0n) is 11.5. The zero-order valence-corrected chi connectivity index (χ0v) is 12.3. The van der Waals surface area contributed by atoms with E-state index in [4.69, 9.17) is 0 Å².